The van der Waals surface area contributed by atoms with Crippen molar-refractivity contribution in [1.82, 2.24) is 0 Å². The Morgan fingerprint density at radius 1 is 0.615 bits per heavy atom. The molecule has 0 aliphatic carbocycles. The fourth-order valence-corrected chi connectivity index (χ4v) is 7.45. The molecular weight excluding hydrogens is 232 g/mol. The zero-order valence-electron chi connectivity index (χ0n) is 9.46. The van der Waals surface area contributed by atoms with E-state index in [0.717, 1.165) is 0 Å². The summed E-state index contributed by atoms with van der Waals surface area (Å²) in [6.45, 7) is 12.9. The lowest BCUT2D eigenvalue weighted by molar-refractivity contribution is 0.318. The van der Waals surface area contributed by atoms with Gasteiger partial charge >= 0.3 is 9.53 Å². The van der Waals surface area contributed by atoms with Crippen molar-refractivity contribution in [2.24, 2.45) is 0 Å². The van der Waals surface area contributed by atoms with Gasteiger partial charge in [0.2, 0.25) is 0 Å². The van der Waals surface area contributed by atoms with Crippen molar-refractivity contribution in [3.63, 3.8) is 0 Å². The van der Waals surface area contributed by atoms with Crippen molar-refractivity contribution in [3.8, 4) is 0 Å². The van der Waals surface area contributed by atoms with E-state index in [0.29, 0.717) is 0 Å². The molecule has 13 heavy (non-hydrogen) atoms. The minimum atomic E-state index is -1.36. The molecular formula is C6H21O3Si4. The first kappa shape index (κ1) is 13.7. The Bertz CT molecular complexity index is 107. The summed E-state index contributed by atoms with van der Waals surface area (Å²) in [5.41, 5.74) is 0. The highest BCUT2D eigenvalue weighted by molar-refractivity contribution is 6.69. The molecule has 7 heteroatoms. The molecule has 0 fully saturated rings. The van der Waals surface area contributed by atoms with Crippen LogP contribution in [0.4, 0.5) is 0 Å². The van der Waals surface area contributed by atoms with Gasteiger partial charge in [0.1, 0.15) is 0 Å². The van der Waals surface area contributed by atoms with Gasteiger partial charge in [0, 0.05) is 0 Å². The van der Waals surface area contributed by atoms with Crippen LogP contribution in [0.15, 0.2) is 0 Å². The predicted molar refractivity (Wildman–Crippen MR) is 65.6 cm³/mol. The second kappa shape index (κ2) is 7.09. The average molecular weight is 254 g/mol. The molecule has 0 heterocycles. The molecule has 0 saturated heterocycles. The van der Waals surface area contributed by atoms with Crippen LogP contribution in [0.2, 0.25) is 39.3 Å². The molecule has 79 valence electrons. The van der Waals surface area contributed by atoms with Crippen LogP contribution in [-0.2, 0) is 12.3 Å². The maximum Gasteiger partial charge on any atom is 0.543 e. The zero-order valence-corrected chi connectivity index (χ0v) is 13.9. The molecule has 3 nitrogen and oxygen atoms in total. The highest BCUT2D eigenvalue weighted by Gasteiger charge is 2.23. The van der Waals surface area contributed by atoms with Crippen molar-refractivity contribution >= 4 is 36.6 Å². The largest absolute Gasteiger partial charge is 0.543 e. The van der Waals surface area contributed by atoms with E-state index in [1.165, 1.54) is 0 Å². The second-order valence-electron chi connectivity index (χ2n) is 3.75. The van der Waals surface area contributed by atoms with Crippen molar-refractivity contribution in [3.05, 3.63) is 0 Å². The van der Waals surface area contributed by atoms with Gasteiger partial charge in [0.25, 0.3) is 0 Å². The highest BCUT2D eigenvalue weighted by atomic mass is 28.5. The molecule has 0 spiro atoms. The van der Waals surface area contributed by atoms with Crippen molar-refractivity contribution < 1.29 is 12.3 Å². The Balaban J connectivity index is 3.87. The first-order valence-electron chi connectivity index (χ1n) is 4.78. The molecule has 0 bridgehead atoms. The summed E-state index contributed by atoms with van der Waals surface area (Å²) in [7, 11) is -4.38. The third-order valence-corrected chi connectivity index (χ3v) is 8.96. The number of hydrogen-bond acceptors (Lipinski definition) is 3. The van der Waals surface area contributed by atoms with Crippen LogP contribution in [0.3, 0.4) is 0 Å². The summed E-state index contributed by atoms with van der Waals surface area (Å²) in [4.78, 5) is 0. The van der Waals surface area contributed by atoms with E-state index >= 15 is 0 Å². The van der Waals surface area contributed by atoms with Crippen molar-refractivity contribution in [2.45, 2.75) is 39.3 Å². The predicted octanol–water partition coefficient (Wildman–Crippen LogP) is 0.971. The normalized spacial score (nSPS) is 12.5. The molecule has 0 amide bonds. The third kappa shape index (κ3) is 9.06. The molecule has 0 unspecified atom stereocenters. The Labute approximate surface area is 88.6 Å². The van der Waals surface area contributed by atoms with E-state index in [2.05, 4.69) is 39.3 Å². The van der Waals surface area contributed by atoms with E-state index in [1.54, 1.807) is 0 Å². The first-order chi connectivity index (χ1) is 5.91. The summed E-state index contributed by atoms with van der Waals surface area (Å²) in [6, 6.07) is 0. The lowest BCUT2D eigenvalue weighted by atomic mass is 11.9. The fourth-order valence-electron chi connectivity index (χ4n) is 0.661. The SMILES string of the molecule is C[SiH](C)O[Si](O[SiH](C)C)O[SiH](C)C. The monoisotopic (exact) mass is 253 g/mol. The van der Waals surface area contributed by atoms with Crippen LogP contribution >= 0.6 is 0 Å². The van der Waals surface area contributed by atoms with Crippen LogP contribution < -0.4 is 0 Å². The lowest BCUT2D eigenvalue weighted by Crippen LogP contribution is -2.38. The zero-order chi connectivity index (χ0) is 10.4. The van der Waals surface area contributed by atoms with Gasteiger partial charge in [0.15, 0.2) is 27.1 Å². The van der Waals surface area contributed by atoms with E-state index in [9.17, 15) is 0 Å². The Kier molecular flexibility index (Phi) is 7.50. The Morgan fingerprint density at radius 3 is 1.00 bits per heavy atom. The quantitative estimate of drug-likeness (QED) is 0.660. The topological polar surface area (TPSA) is 27.7 Å². The maximum atomic E-state index is 5.74. The van der Waals surface area contributed by atoms with Crippen LogP contribution in [0.5, 0.6) is 0 Å². The maximum absolute atomic E-state index is 5.74. The summed E-state index contributed by atoms with van der Waals surface area (Å²) < 4.78 is 17.2. The standard InChI is InChI=1S/C6H21O3Si4/c1-10(2)7-13(8-11(3)4)9-12(5)6/h10-12H,1-6H3. The average Bonchev–Trinajstić information content (AvgIpc) is 1.80. The summed E-state index contributed by atoms with van der Waals surface area (Å²) in [6.07, 6.45) is 0. The van der Waals surface area contributed by atoms with Crippen LogP contribution in [0.25, 0.3) is 0 Å². The molecule has 0 rings (SSSR count). The van der Waals surface area contributed by atoms with Crippen molar-refractivity contribution in [1.29, 1.82) is 0 Å². The molecule has 0 aromatic carbocycles. The Hall–Kier alpha value is 0.748. The van der Waals surface area contributed by atoms with Gasteiger partial charge in [-0.3, -0.25) is 0 Å². The van der Waals surface area contributed by atoms with E-state index in [4.69, 9.17) is 12.3 Å². The van der Waals surface area contributed by atoms with E-state index < -0.39 is 36.6 Å². The van der Waals surface area contributed by atoms with Crippen LogP contribution in [-0.4, -0.2) is 36.6 Å². The van der Waals surface area contributed by atoms with Gasteiger partial charge in [-0.1, -0.05) is 0 Å². The van der Waals surface area contributed by atoms with E-state index in [1.807, 2.05) is 0 Å². The molecule has 0 saturated carbocycles. The third-order valence-electron chi connectivity index (χ3n) is 0.996. The molecule has 0 aromatic rings. The Morgan fingerprint density at radius 2 is 0.846 bits per heavy atom. The summed E-state index contributed by atoms with van der Waals surface area (Å²) in [5, 5.41) is 0. The highest BCUT2D eigenvalue weighted by Crippen LogP contribution is 2.00. The van der Waals surface area contributed by atoms with Crippen LogP contribution in [0, 0.1) is 0 Å². The van der Waals surface area contributed by atoms with Gasteiger partial charge in [-0.2, -0.15) is 0 Å². The van der Waals surface area contributed by atoms with Gasteiger partial charge < -0.3 is 12.3 Å². The van der Waals surface area contributed by atoms with E-state index in [-0.39, 0.29) is 0 Å². The second-order valence-corrected chi connectivity index (χ2v) is 13.4. The van der Waals surface area contributed by atoms with Gasteiger partial charge in [-0.05, 0) is 39.3 Å². The van der Waals surface area contributed by atoms with Crippen LogP contribution in [0.1, 0.15) is 0 Å². The molecule has 0 aliphatic heterocycles. The molecule has 0 aliphatic rings. The fraction of sp³-hybridized carbons (Fsp3) is 1.00. The summed E-state index contributed by atoms with van der Waals surface area (Å²) in [5.74, 6) is 0. The number of hydrogen-bond donors (Lipinski definition) is 0. The lowest BCUT2D eigenvalue weighted by Gasteiger charge is -2.20. The minimum absolute atomic E-state index is 1.01. The van der Waals surface area contributed by atoms with Gasteiger partial charge in [-0.15, -0.1) is 0 Å². The first-order valence-corrected chi connectivity index (χ1v) is 14.4. The molecule has 0 N–H and O–H groups in total. The summed E-state index contributed by atoms with van der Waals surface area (Å²) >= 11 is 0. The molecule has 0 atom stereocenters. The number of rotatable bonds is 6. The smallest absolute Gasteiger partial charge is 0.417 e. The molecule has 0 aromatic heterocycles. The van der Waals surface area contributed by atoms with Gasteiger partial charge in [0.05, 0.1) is 0 Å². The van der Waals surface area contributed by atoms with Gasteiger partial charge in [-0.25, -0.2) is 0 Å². The van der Waals surface area contributed by atoms with Crippen molar-refractivity contribution in [2.75, 3.05) is 0 Å². The minimum Gasteiger partial charge on any atom is -0.417 e. The molecule has 1 radical (unpaired) electrons.